The summed E-state index contributed by atoms with van der Waals surface area (Å²) < 4.78 is 19.2. The average molecular weight is 151 g/mol. The van der Waals surface area contributed by atoms with Gasteiger partial charge in [-0.1, -0.05) is 0 Å². The average Bonchev–Trinajstić information content (AvgIpc) is 1.89. The summed E-state index contributed by atoms with van der Waals surface area (Å²) in [6.07, 6.45) is 0. The van der Waals surface area contributed by atoms with Gasteiger partial charge in [0.1, 0.15) is 0 Å². The first-order valence-corrected chi connectivity index (χ1v) is 3.46. The number of azide groups is 1. The molecule has 0 aliphatic heterocycles. The van der Waals surface area contributed by atoms with Gasteiger partial charge in [0, 0.05) is 24.0 Å². The number of nitrogens with zero attached hydrogens (tertiary/aromatic N) is 3. The highest BCUT2D eigenvalue weighted by atomic mass is 31.2. The molecule has 0 unspecified atom stereocenters. The van der Waals surface area contributed by atoms with Crippen molar-refractivity contribution in [2.75, 3.05) is 14.2 Å². The molecule has 0 heterocycles. The molecule has 52 valence electrons. The van der Waals surface area contributed by atoms with Crippen LogP contribution in [-0.2, 0) is 13.6 Å². The second-order valence-corrected chi connectivity index (χ2v) is 2.86. The van der Waals surface area contributed by atoms with E-state index in [1.165, 1.54) is 0 Å². The Balaban J connectivity index is 4.28. The van der Waals surface area contributed by atoms with E-state index in [0.29, 0.717) is 0 Å². The third kappa shape index (κ3) is 2.49. The van der Waals surface area contributed by atoms with Crippen molar-refractivity contribution >= 4 is 7.75 Å². The maximum absolute atomic E-state index is 10.7. The van der Waals surface area contributed by atoms with Crippen LogP contribution in [0.25, 0.3) is 10.4 Å². The second kappa shape index (κ2) is 3.48. The smallest absolute Gasteiger partial charge is 0.307 e. The van der Waals surface area contributed by atoms with E-state index in [2.05, 4.69) is 18.8 Å². The lowest BCUT2D eigenvalue weighted by Crippen LogP contribution is -1.81. The minimum atomic E-state index is -3.47. The van der Waals surface area contributed by atoms with Crippen molar-refractivity contribution in [1.82, 2.24) is 0 Å². The normalized spacial score (nSPS) is 10.4. The number of hydrogen-bond donors (Lipinski definition) is 0. The van der Waals surface area contributed by atoms with Gasteiger partial charge in [-0.2, -0.15) is 0 Å². The molecule has 0 N–H and O–H groups in total. The molecule has 6 nitrogen and oxygen atoms in total. The topological polar surface area (TPSA) is 84.3 Å². The van der Waals surface area contributed by atoms with Crippen LogP contribution in [0.15, 0.2) is 4.88 Å². The van der Waals surface area contributed by atoms with Gasteiger partial charge in [0.2, 0.25) is 0 Å². The molecule has 0 bridgehead atoms. The zero-order valence-electron chi connectivity index (χ0n) is 5.01. The van der Waals surface area contributed by atoms with Gasteiger partial charge >= 0.3 is 7.75 Å². The fourth-order valence-electron chi connectivity index (χ4n) is 0.197. The Hall–Kier alpha value is -0.540. The van der Waals surface area contributed by atoms with Crippen LogP contribution in [0.5, 0.6) is 0 Å². The van der Waals surface area contributed by atoms with Crippen LogP contribution >= 0.6 is 7.75 Å². The Morgan fingerprint density at radius 2 is 2.00 bits per heavy atom. The van der Waals surface area contributed by atoms with Gasteiger partial charge in [-0.05, 0) is 5.53 Å². The molecule has 0 aromatic heterocycles. The first-order chi connectivity index (χ1) is 4.18. The quantitative estimate of drug-likeness (QED) is 0.266. The summed E-state index contributed by atoms with van der Waals surface area (Å²) in [5.74, 6) is 0. The van der Waals surface area contributed by atoms with Gasteiger partial charge < -0.3 is 9.05 Å². The van der Waals surface area contributed by atoms with Gasteiger partial charge in [-0.25, -0.2) is 0 Å². The van der Waals surface area contributed by atoms with Crippen molar-refractivity contribution in [2.24, 2.45) is 4.88 Å². The summed E-state index contributed by atoms with van der Waals surface area (Å²) in [6.45, 7) is 0. The maximum atomic E-state index is 10.7. The predicted molar refractivity (Wildman–Crippen MR) is 30.8 cm³/mol. The van der Waals surface area contributed by atoms with Gasteiger partial charge in [0.05, 0.1) is 0 Å². The van der Waals surface area contributed by atoms with Crippen LogP contribution in [0.4, 0.5) is 0 Å². The summed E-state index contributed by atoms with van der Waals surface area (Å²) >= 11 is 0. The predicted octanol–water partition coefficient (Wildman–Crippen LogP) is 1.70. The highest BCUT2D eigenvalue weighted by Gasteiger charge is 2.16. The van der Waals surface area contributed by atoms with E-state index in [1.54, 1.807) is 0 Å². The summed E-state index contributed by atoms with van der Waals surface area (Å²) in [7, 11) is -1.20. The molecule has 0 radical (unpaired) electrons. The summed E-state index contributed by atoms with van der Waals surface area (Å²) in [6, 6.07) is 0. The Bertz CT molecular complexity index is 166. The molecule has 0 atom stereocenters. The Morgan fingerprint density at radius 3 is 2.11 bits per heavy atom. The molecule has 0 aliphatic carbocycles. The van der Waals surface area contributed by atoms with Gasteiger partial charge in [0.15, 0.2) is 0 Å². The van der Waals surface area contributed by atoms with Crippen molar-refractivity contribution < 1.29 is 13.6 Å². The van der Waals surface area contributed by atoms with Crippen LogP contribution in [0.3, 0.4) is 0 Å². The molecular weight excluding hydrogens is 145 g/mol. The fourth-order valence-corrected chi connectivity index (χ4v) is 0.590. The van der Waals surface area contributed by atoms with Gasteiger partial charge in [-0.15, -0.1) is 0 Å². The molecule has 0 rings (SSSR count). The Labute approximate surface area is 52.0 Å². The van der Waals surface area contributed by atoms with E-state index in [-0.39, 0.29) is 0 Å². The van der Waals surface area contributed by atoms with Crippen LogP contribution in [0.2, 0.25) is 0 Å². The first-order valence-electron chi connectivity index (χ1n) is 1.96. The van der Waals surface area contributed by atoms with Gasteiger partial charge in [-0.3, -0.25) is 4.57 Å². The van der Waals surface area contributed by atoms with Crippen LogP contribution in [0, 0.1) is 0 Å². The number of rotatable bonds is 3. The van der Waals surface area contributed by atoms with Crippen molar-refractivity contribution in [3.63, 3.8) is 0 Å². The largest absolute Gasteiger partial charge is 0.419 e. The minimum absolute atomic E-state index is 1.14. The van der Waals surface area contributed by atoms with E-state index in [1.807, 2.05) is 0 Å². The molecule has 0 aromatic rings. The monoisotopic (exact) mass is 151 g/mol. The molecule has 9 heavy (non-hydrogen) atoms. The van der Waals surface area contributed by atoms with Crippen molar-refractivity contribution in [2.45, 2.75) is 0 Å². The lowest BCUT2D eigenvalue weighted by atomic mass is 11.8. The summed E-state index contributed by atoms with van der Waals surface area (Å²) in [5.41, 5.74) is 7.79. The lowest BCUT2D eigenvalue weighted by Gasteiger charge is -2.03. The molecular formula is C2H6N3O3P. The van der Waals surface area contributed by atoms with E-state index in [0.717, 1.165) is 14.2 Å². The van der Waals surface area contributed by atoms with E-state index in [9.17, 15) is 4.57 Å². The highest BCUT2D eigenvalue weighted by molar-refractivity contribution is 7.52. The zero-order chi connectivity index (χ0) is 7.33. The molecule has 7 heteroatoms. The molecule has 0 fully saturated rings. The van der Waals surface area contributed by atoms with Crippen molar-refractivity contribution in [3.05, 3.63) is 10.4 Å². The fraction of sp³-hybridized carbons (Fsp3) is 1.00. The third-order valence-electron chi connectivity index (χ3n) is 0.611. The van der Waals surface area contributed by atoms with Gasteiger partial charge in [0.25, 0.3) is 0 Å². The Kier molecular flexibility index (Phi) is 3.27. The SMILES string of the molecule is COP(=O)(N=[N+]=[N-])OC. The summed E-state index contributed by atoms with van der Waals surface area (Å²) in [5, 5.41) is 0. The van der Waals surface area contributed by atoms with Crippen LogP contribution in [0.1, 0.15) is 0 Å². The van der Waals surface area contributed by atoms with Crippen LogP contribution < -0.4 is 0 Å². The first kappa shape index (κ1) is 8.46. The van der Waals surface area contributed by atoms with E-state index >= 15 is 0 Å². The van der Waals surface area contributed by atoms with E-state index < -0.39 is 7.75 Å². The van der Waals surface area contributed by atoms with Crippen molar-refractivity contribution in [3.8, 4) is 0 Å². The number of hydrogen-bond acceptors (Lipinski definition) is 3. The molecule has 0 saturated carbocycles. The third-order valence-corrected chi connectivity index (χ3v) is 1.83. The molecule has 0 saturated heterocycles. The summed E-state index contributed by atoms with van der Waals surface area (Å²) in [4.78, 5) is 5.05. The van der Waals surface area contributed by atoms with E-state index in [4.69, 9.17) is 5.53 Å². The standard InChI is InChI=1S/C2H6N3O3P/c1-7-9(6,8-2)5-4-3/h1-2H3. The molecule has 0 amide bonds. The lowest BCUT2D eigenvalue weighted by molar-refractivity contribution is 0.276. The van der Waals surface area contributed by atoms with Crippen LogP contribution in [-0.4, -0.2) is 14.2 Å². The molecule has 0 aliphatic rings. The zero-order valence-corrected chi connectivity index (χ0v) is 5.91. The second-order valence-electron chi connectivity index (χ2n) is 1.01. The minimum Gasteiger partial charge on any atom is -0.307 e. The van der Waals surface area contributed by atoms with Crippen molar-refractivity contribution in [1.29, 1.82) is 0 Å². The Morgan fingerprint density at radius 1 is 1.56 bits per heavy atom. The highest BCUT2D eigenvalue weighted by Crippen LogP contribution is 2.47. The molecule has 0 spiro atoms. The maximum Gasteiger partial charge on any atom is 0.419 e. The molecule has 0 aromatic carbocycles.